The molecule has 2 heterocycles. The van der Waals surface area contributed by atoms with Crippen LogP contribution in [0.15, 0.2) is 42.6 Å². The molecule has 9 heteroatoms. The molecular weight excluding hydrogens is 382 g/mol. The van der Waals surface area contributed by atoms with Gasteiger partial charge in [-0.15, -0.1) is 5.10 Å². The van der Waals surface area contributed by atoms with Gasteiger partial charge in [0, 0.05) is 36.8 Å². The second kappa shape index (κ2) is 8.40. The summed E-state index contributed by atoms with van der Waals surface area (Å²) in [7, 11) is 1.75. The van der Waals surface area contributed by atoms with E-state index in [-0.39, 0.29) is 11.6 Å². The van der Waals surface area contributed by atoms with Crippen LogP contribution in [0, 0.1) is 0 Å². The van der Waals surface area contributed by atoms with Crippen LogP contribution in [-0.2, 0) is 0 Å². The van der Waals surface area contributed by atoms with E-state index in [0.717, 1.165) is 11.3 Å². The van der Waals surface area contributed by atoms with Crippen LogP contribution in [0.3, 0.4) is 0 Å². The minimum Gasteiger partial charge on any atom is -0.367 e. The van der Waals surface area contributed by atoms with Gasteiger partial charge in [-0.3, -0.25) is 4.79 Å². The number of amides is 3. The summed E-state index contributed by atoms with van der Waals surface area (Å²) >= 11 is 0. The second-order valence-corrected chi connectivity index (χ2v) is 8.10. The Hall–Kier alpha value is -3.62. The number of hydrogen-bond acceptors (Lipinski definition) is 5. The van der Waals surface area contributed by atoms with E-state index in [4.69, 9.17) is 5.73 Å². The van der Waals surface area contributed by atoms with Crippen LogP contribution in [0.5, 0.6) is 0 Å². The molecule has 0 unspecified atom stereocenters. The lowest BCUT2D eigenvalue weighted by Crippen LogP contribution is -2.48. The van der Waals surface area contributed by atoms with Gasteiger partial charge in [0.25, 0.3) is 0 Å². The Balaban J connectivity index is 1.69. The van der Waals surface area contributed by atoms with Crippen LogP contribution in [0.1, 0.15) is 31.1 Å². The lowest BCUT2D eigenvalue weighted by atomic mass is 10.1. The molecule has 1 aromatic carbocycles. The molecule has 3 amide bonds. The van der Waals surface area contributed by atoms with Crippen LogP contribution in [-0.4, -0.2) is 57.1 Å². The number of fused-ring (bicyclic) bond motifs is 1. The smallest absolute Gasteiger partial charge is 0.317 e. The fourth-order valence-electron chi connectivity index (χ4n) is 2.84. The number of primary amides is 1. The highest BCUT2D eigenvalue weighted by Gasteiger charge is 2.16. The highest BCUT2D eigenvalue weighted by atomic mass is 16.2. The van der Waals surface area contributed by atoms with Gasteiger partial charge in [0.1, 0.15) is 5.82 Å². The first-order valence-electron chi connectivity index (χ1n) is 9.66. The van der Waals surface area contributed by atoms with Gasteiger partial charge in [-0.25, -0.2) is 14.3 Å². The Kier molecular flexibility index (Phi) is 5.91. The summed E-state index contributed by atoms with van der Waals surface area (Å²) in [6.07, 6.45) is 1.73. The standard InChI is InChI=1S/C21H27N7O2/c1-21(2,3)25-20(30)27(4)12-11-23-17-9-10-18-24-13-16(28(18)26-17)14-5-7-15(8-6-14)19(22)29/h5-10,13H,11-12H2,1-4H3,(H2,22,29)(H,23,26)(H,25,30). The quantitative estimate of drug-likeness (QED) is 0.578. The maximum atomic E-state index is 12.1. The van der Waals surface area contributed by atoms with Crippen molar-refractivity contribution in [3.63, 3.8) is 0 Å². The van der Waals surface area contributed by atoms with Crippen molar-refractivity contribution in [2.75, 3.05) is 25.5 Å². The van der Waals surface area contributed by atoms with Crippen LogP contribution in [0.4, 0.5) is 10.6 Å². The first kappa shape index (κ1) is 21.1. The van der Waals surface area contributed by atoms with E-state index < -0.39 is 5.91 Å². The molecule has 0 aliphatic rings. The number of hydrogen-bond donors (Lipinski definition) is 3. The number of nitrogens with two attached hydrogens (primary N) is 1. The summed E-state index contributed by atoms with van der Waals surface area (Å²) in [6.45, 7) is 6.90. The number of carbonyl (C=O) groups excluding carboxylic acids is 2. The molecule has 4 N–H and O–H groups in total. The van der Waals surface area contributed by atoms with Crippen molar-refractivity contribution < 1.29 is 9.59 Å². The highest BCUT2D eigenvalue weighted by molar-refractivity contribution is 5.93. The fourth-order valence-corrected chi connectivity index (χ4v) is 2.84. The van der Waals surface area contributed by atoms with Crippen LogP contribution in [0.2, 0.25) is 0 Å². The lowest BCUT2D eigenvalue weighted by molar-refractivity contribution is 0.1000. The Morgan fingerprint density at radius 1 is 1.13 bits per heavy atom. The number of urea groups is 1. The van der Waals surface area contributed by atoms with Crippen molar-refractivity contribution in [3.05, 3.63) is 48.2 Å². The van der Waals surface area contributed by atoms with Crippen molar-refractivity contribution in [3.8, 4) is 11.3 Å². The summed E-state index contributed by atoms with van der Waals surface area (Å²) in [5.41, 5.74) is 7.84. The first-order chi connectivity index (χ1) is 14.1. The predicted molar refractivity (Wildman–Crippen MR) is 116 cm³/mol. The molecule has 0 fully saturated rings. The van der Waals surface area contributed by atoms with Crippen LogP contribution < -0.4 is 16.4 Å². The van der Waals surface area contributed by atoms with Gasteiger partial charge in [-0.1, -0.05) is 12.1 Å². The number of likely N-dealkylation sites (N-methyl/N-ethyl adjacent to an activating group) is 1. The molecule has 0 radical (unpaired) electrons. The third kappa shape index (κ3) is 5.05. The van der Waals surface area contributed by atoms with Gasteiger partial charge in [0.05, 0.1) is 11.9 Å². The number of aromatic nitrogens is 3. The van der Waals surface area contributed by atoms with E-state index in [1.807, 2.05) is 45.0 Å². The monoisotopic (exact) mass is 409 g/mol. The Morgan fingerprint density at radius 3 is 2.47 bits per heavy atom. The van der Waals surface area contributed by atoms with E-state index in [2.05, 4.69) is 20.7 Å². The molecular formula is C21H27N7O2. The third-order valence-corrected chi connectivity index (χ3v) is 4.41. The molecule has 0 spiro atoms. The lowest BCUT2D eigenvalue weighted by Gasteiger charge is -2.25. The van der Waals surface area contributed by atoms with Crippen molar-refractivity contribution in [1.82, 2.24) is 24.8 Å². The maximum absolute atomic E-state index is 12.1. The average Bonchev–Trinajstić information content (AvgIpc) is 3.10. The fraction of sp³-hybridized carbons (Fsp3) is 0.333. The number of benzene rings is 1. The van der Waals surface area contributed by atoms with E-state index in [1.54, 1.807) is 34.8 Å². The number of anilines is 1. The summed E-state index contributed by atoms with van der Waals surface area (Å²) in [6, 6.07) is 10.6. The number of imidazole rings is 1. The topological polar surface area (TPSA) is 118 Å². The minimum atomic E-state index is -0.467. The minimum absolute atomic E-state index is 0.121. The Morgan fingerprint density at radius 2 is 1.83 bits per heavy atom. The normalized spacial score (nSPS) is 11.3. The van der Waals surface area contributed by atoms with E-state index >= 15 is 0 Å². The average molecular weight is 409 g/mol. The number of rotatable bonds is 6. The van der Waals surface area contributed by atoms with E-state index in [0.29, 0.717) is 30.1 Å². The van der Waals surface area contributed by atoms with Gasteiger partial charge in [-0.2, -0.15) is 0 Å². The number of nitrogens with zero attached hydrogens (tertiary/aromatic N) is 4. The Labute approximate surface area is 175 Å². The molecule has 0 atom stereocenters. The zero-order valence-corrected chi connectivity index (χ0v) is 17.6. The molecule has 3 rings (SSSR count). The second-order valence-electron chi connectivity index (χ2n) is 8.10. The van der Waals surface area contributed by atoms with Gasteiger partial charge in [0.2, 0.25) is 5.91 Å². The van der Waals surface area contributed by atoms with E-state index in [1.165, 1.54) is 0 Å². The van der Waals surface area contributed by atoms with Gasteiger partial charge >= 0.3 is 6.03 Å². The third-order valence-electron chi connectivity index (χ3n) is 4.41. The highest BCUT2D eigenvalue weighted by Crippen LogP contribution is 2.21. The summed E-state index contributed by atoms with van der Waals surface area (Å²) in [5.74, 6) is 0.200. The SMILES string of the molecule is CN(CCNc1ccc2ncc(-c3ccc(C(N)=O)cc3)n2n1)C(=O)NC(C)(C)C. The van der Waals surface area contributed by atoms with Gasteiger partial charge < -0.3 is 21.3 Å². The molecule has 0 aliphatic carbocycles. The number of nitrogens with one attached hydrogen (secondary N) is 2. The molecule has 2 aromatic heterocycles. The van der Waals surface area contributed by atoms with Crippen molar-refractivity contribution in [2.45, 2.75) is 26.3 Å². The van der Waals surface area contributed by atoms with Gasteiger partial charge in [0.15, 0.2) is 5.65 Å². The molecule has 9 nitrogen and oxygen atoms in total. The summed E-state index contributed by atoms with van der Waals surface area (Å²) < 4.78 is 1.73. The molecule has 30 heavy (non-hydrogen) atoms. The predicted octanol–water partition coefficient (Wildman–Crippen LogP) is 2.35. The van der Waals surface area contributed by atoms with E-state index in [9.17, 15) is 9.59 Å². The van der Waals surface area contributed by atoms with Crippen molar-refractivity contribution in [1.29, 1.82) is 0 Å². The molecule has 3 aromatic rings. The molecule has 0 saturated heterocycles. The summed E-state index contributed by atoms with van der Waals surface area (Å²) in [5, 5.41) is 10.8. The van der Waals surface area contributed by atoms with Crippen LogP contribution in [0.25, 0.3) is 16.9 Å². The summed E-state index contributed by atoms with van der Waals surface area (Å²) in [4.78, 5) is 29.4. The molecule has 0 bridgehead atoms. The Bertz CT molecular complexity index is 1050. The number of carbonyl (C=O) groups is 2. The molecule has 158 valence electrons. The molecule has 0 saturated carbocycles. The maximum Gasteiger partial charge on any atom is 0.317 e. The zero-order chi connectivity index (χ0) is 21.9. The van der Waals surface area contributed by atoms with Gasteiger partial charge in [-0.05, 0) is 45.0 Å². The van der Waals surface area contributed by atoms with Crippen molar-refractivity contribution >= 4 is 23.4 Å². The zero-order valence-electron chi connectivity index (χ0n) is 17.6. The van der Waals surface area contributed by atoms with Crippen molar-refractivity contribution in [2.24, 2.45) is 5.73 Å². The van der Waals surface area contributed by atoms with Crippen LogP contribution >= 0.6 is 0 Å². The molecule has 0 aliphatic heterocycles. The first-order valence-corrected chi connectivity index (χ1v) is 9.66. The largest absolute Gasteiger partial charge is 0.367 e.